The van der Waals surface area contributed by atoms with Gasteiger partial charge in [0, 0.05) is 17.9 Å². The summed E-state index contributed by atoms with van der Waals surface area (Å²) in [4.78, 5) is 22.1. The molecule has 0 saturated heterocycles. The van der Waals surface area contributed by atoms with Gasteiger partial charge in [0.25, 0.3) is 0 Å². The van der Waals surface area contributed by atoms with Gasteiger partial charge in [0.05, 0.1) is 0 Å². The Labute approximate surface area is 113 Å². The number of hydrogen-bond donors (Lipinski definition) is 2. The number of rotatable bonds is 3. The monoisotopic (exact) mass is 264 g/mol. The van der Waals surface area contributed by atoms with E-state index in [4.69, 9.17) is 5.11 Å². The highest BCUT2D eigenvalue weighted by Crippen LogP contribution is 2.44. The van der Waals surface area contributed by atoms with Gasteiger partial charge in [-0.25, -0.2) is 4.79 Å². The van der Waals surface area contributed by atoms with Gasteiger partial charge < -0.3 is 10.2 Å². The number of ketones is 1. The SMILES string of the molecule is CC1=CC(=O)CC(C)(C)[C@@]1(O)/C=C\C(C)=C/C(=O)O. The zero-order valence-corrected chi connectivity index (χ0v) is 11.7. The summed E-state index contributed by atoms with van der Waals surface area (Å²) < 4.78 is 0. The van der Waals surface area contributed by atoms with Crippen molar-refractivity contribution in [1.29, 1.82) is 0 Å². The van der Waals surface area contributed by atoms with Crippen molar-refractivity contribution in [3.8, 4) is 0 Å². The van der Waals surface area contributed by atoms with Gasteiger partial charge in [-0.05, 0) is 37.1 Å². The second-order valence-corrected chi connectivity index (χ2v) is 5.68. The molecule has 1 rings (SSSR count). The van der Waals surface area contributed by atoms with E-state index in [-0.39, 0.29) is 12.2 Å². The highest BCUT2D eigenvalue weighted by molar-refractivity contribution is 5.92. The van der Waals surface area contributed by atoms with Crippen molar-refractivity contribution < 1.29 is 19.8 Å². The lowest BCUT2D eigenvalue weighted by molar-refractivity contribution is -0.131. The number of carbonyl (C=O) groups is 2. The van der Waals surface area contributed by atoms with Crippen LogP contribution < -0.4 is 0 Å². The second kappa shape index (κ2) is 5.13. The van der Waals surface area contributed by atoms with Crippen LogP contribution in [-0.2, 0) is 9.59 Å². The molecule has 0 aromatic heterocycles. The van der Waals surface area contributed by atoms with Gasteiger partial charge in [0.2, 0.25) is 0 Å². The summed E-state index contributed by atoms with van der Waals surface area (Å²) in [7, 11) is 0. The van der Waals surface area contributed by atoms with Crippen molar-refractivity contribution in [1.82, 2.24) is 0 Å². The van der Waals surface area contributed by atoms with Crippen molar-refractivity contribution in [2.24, 2.45) is 5.41 Å². The molecule has 1 aliphatic carbocycles. The Balaban J connectivity index is 3.15. The van der Waals surface area contributed by atoms with E-state index in [0.29, 0.717) is 11.1 Å². The molecular formula is C15H20O4. The first kappa shape index (κ1) is 15.4. The number of carboxylic acids is 1. The van der Waals surface area contributed by atoms with Crippen molar-refractivity contribution in [3.63, 3.8) is 0 Å². The van der Waals surface area contributed by atoms with Crippen LogP contribution in [0.25, 0.3) is 0 Å². The van der Waals surface area contributed by atoms with Crippen LogP contribution in [0.3, 0.4) is 0 Å². The molecule has 0 fully saturated rings. The fourth-order valence-electron chi connectivity index (χ4n) is 2.36. The highest BCUT2D eigenvalue weighted by atomic mass is 16.4. The lowest BCUT2D eigenvalue weighted by Crippen LogP contribution is -2.48. The first-order valence-electron chi connectivity index (χ1n) is 6.13. The summed E-state index contributed by atoms with van der Waals surface area (Å²) in [5, 5.41) is 19.4. The molecule has 104 valence electrons. The standard InChI is InChI=1S/C15H20O4/c1-10(7-13(17)18)5-6-15(19)11(2)8-12(16)9-14(15,3)4/h5-8,19H,9H2,1-4H3,(H,17,18)/b6-5-,10-7-/t15-/m1/s1. The zero-order valence-electron chi connectivity index (χ0n) is 11.7. The number of hydrogen-bond acceptors (Lipinski definition) is 3. The lowest BCUT2D eigenvalue weighted by Gasteiger charge is -2.43. The Morgan fingerprint density at radius 1 is 1.42 bits per heavy atom. The molecule has 4 nitrogen and oxygen atoms in total. The van der Waals surface area contributed by atoms with E-state index >= 15 is 0 Å². The van der Waals surface area contributed by atoms with E-state index in [0.717, 1.165) is 6.08 Å². The maximum atomic E-state index is 11.6. The summed E-state index contributed by atoms with van der Waals surface area (Å²) in [5.74, 6) is -1.03. The molecule has 0 bridgehead atoms. The molecule has 19 heavy (non-hydrogen) atoms. The average Bonchev–Trinajstić information content (AvgIpc) is 2.21. The Hall–Kier alpha value is -1.68. The Morgan fingerprint density at radius 3 is 2.47 bits per heavy atom. The Morgan fingerprint density at radius 2 is 2.00 bits per heavy atom. The normalized spacial score (nSPS) is 27.5. The van der Waals surface area contributed by atoms with Crippen LogP contribution in [0.15, 0.2) is 35.5 Å². The van der Waals surface area contributed by atoms with Gasteiger partial charge in [-0.2, -0.15) is 0 Å². The molecule has 0 spiro atoms. The van der Waals surface area contributed by atoms with Crippen molar-refractivity contribution in [2.75, 3.05) is 0 Å². The molecule has 1 atom stereocenters. The van der Waals surface area contributed by atoms with Crippen LogP contribution >= 0.6 is 0 Å². The third kappa shape index (κ3) is 3.20. The first-order chi connectivity index (χ1) is 8.58. The van der Waals surface area contributed by atoms with Crippen molar-refractivity contribution in [3.05, 3.63) is 35.5 Å². The van der Waals surface area contributed by atoms with Gasteiger partial charge in [0.1, 0.15) is 5.60 Å². The fourth-order valence-corrected chi connectivity index (χ4v) is 2.36. The Kier molecular flexibility index (Phi) is 4.15. The van der Waals surface area contributed by atoms with Gasteiger partial charge in [-0.3, -0.25) is 4.79 Å². The zero-order chi connectivity index (χ0) is 14.8. The number of aliphatic carboxylic acids is 1. The van der Waals surface area contributed by atoms with Crippen LogP contribution in [0.5, 0.6) is 0 Å². The molecular weight excluding hydrogens is 244 g/mol. The highest BCUT2D eigenvalue weighted by Gasteiger charge is 2.46. The largest absolute Gasteiger partial charge is 0.478 e. The van der Waals surface area contributed by atoms with Crippen molar-refractivity contribution >= 4 is 11.8 Å². The van der Waals surface area contributed by atoms with E-state index in [1.807, 2.05) is 13.8 Å². The van der Waals surface area contributed by atoms with Crippen LogP contribution in [0.1, 0.15) is 34.1 Å². The molecule has 0 aromatic carbocycles. The minimum atomic E-state index is -1.24. The van der Waals surface area contributed by atoms with Crippen molar-refractivity contribution in [2.45, 2.75) is 39.7 Å². The van der Waals surface area contributed by atoms with Gasteiger partial charge in [0.15, 0.2) is 5.78 Å². The summed E-state index contributed by atoms with van der Waals surface area (Å²) in [5.41, 5.74) is -0.758. The van der Waals surface area contributed by atoms with Gasteiger partial charge in [-0.15, -0.1) is 0 Å². The molecule has 0 amide bonds. The molecule has 1 aliphatic rings. The van der Waals surface area contributed by atoms with Gasteiger partial charge >= 0.3 is 5.97 Å². The van der Waals surface area contributed by atoms with Crippen LogP contribution in [0.4, 0.5) is 0 Å². The van der Waals surface area contributed by atoms with Gasteiger partial charge in [-0.1, -0.05) is 19.9 Å². The second-order valence-electron chi connectivity index (χ2n) is 5.68. The third-order valence-corrected chi connectivity index (χ3v) is 3.57. The first-order valence-corrected chi connectivity index (χ1v) is 6.13. The smallest absolute Gasteiger partial charge is 0.328 e. The molecule has 4 heteroatoms. The average molecular weight is 264 g/mol. The van der Waals surface area contributed by atoms with E-state index < -0.39 is 17.0 Å². The molecule has 0 aliphatic heterocycles. The third-order valence-electron chi connectivity index (χ3n) is 3.57. The fraction of sp³-hybridized carbons (Fsp3) is 0.467. The topological polar surface area (TPSA) is 74.6 Å². The molecule has 0 radical (unpaired) electrons. The maximum Gasteiger partial charge on any atom is 0.328 e. The van der Waals surface area contributed by atoms with E-state index in [1.54, 1.807) is 26.0 Å². The molecule has 0 aromatic rings. The van der Waals surface area contributed by atoms with E-state index in [9.17, 15) is 14.7 Å². The predicted molar refractivity (Wildman–Crippen MR) is 72.6 cm³/mol. The number of aliphatic hydroxyl groups is 1. The predicted octanol–water partition coefficient (Wildman–Crippen LogP) is 2.25. The summed E-state index contributed by atoms with van der Waals surface area (Å²) >= 11 is 0. The minimum Gasteiger partial charge on any atom is -0.478 e. The van der Waals surface area contributed by atoms with E-state index in [2.05, 4.69) is 0 Å². The summed E-state index contributed by atoms with van der Waals surface area (Å²) in [6.07, 6.45) is 5.92. The lowest BCUT2D eigenvalue weighted by atomic mass is 9.64. The summed E-state index contributed by atoms with van der Waals surface area (Å²) in [6, 6.07) is 0. The maximum absolute atomic E-state index is 11.6. The van der Waals surface area contributed by atoms with Crippen LogP contribution in [0, 0.1) is 5.41 Å². The number of allylic oxidation sites excluding steroid dienone is 3. The minimum absolute atomic E-state index is 0.00150. The molecule has 0 unspecified atom stereocenters. The van der Waals surface area contributed by atoms with E-state index in [1.165, 1.54) is 6.08 Å². The Bertz CT molecular complexity index is 494. The molecule has 0 heterocycles. The summed E-state index contributed by atoms with van der Waals surface area (Å²) in [6.45, 7) is 7.00. The van der Waals surface area contributed by atoms with Crippen LogP contribution in [0.2, 0.25) is 0 Å². The molecule has 2 N–H and O–H groups in total. The number of carbonyl (C=O) groups excluding carboxylic acids is 1. The molecule has 0 saturated carbocycles. The van der Waals surface area contributed by atoms with Crippen LogP contribution in [-0.4, -0.2) is 27.6 Å². The quantitative estimate of drug-likeness (QED) is 0.605. The number of carboxylic acid groups (broad SMARTS) is 1.